The molecule has 2 saturated heterocycles. The summed E-state index contributed by atoms with van der Waals surface area (Å²) in [6.07, 6.45) is 7.43. The van der Waals surface area contributed by atoms with Crippen LogP contribution in [0, 0.1) is 11.3 Å². The summed E-state index contributed by atoms with van der Waals surface area (Å²) in [7, 11) is 0. The molecule has 0 aliphatic carbocycles. The number of likely N-dealkylation sites (tertiary alicyclic amines) is 1. The Morgan fingerprint density at radius 2 is 1.86 bits per heavy atom. The minimum atomic E-state index is -0.405. The second kappa shape index (κ2) is 10.5. The Balaban J connectivity index is 1.44. The van der Waals surface area contributed by atoms with Gasteiger partial charge in [-0.15, -0.1) is 0 Å². The van der Waals surface area contributed by atoms with E-state index in [1.807, 2.05) is 23.1 Å². The van der Waals surface area contributed by atoms with Gasteiger partial charge >= 0.3 is 0 Å². The number of carbonyl (C=O) groups excluding carboxylic acids is 2. The Bertz CT molecular complexity index is 775. The quantitative estimate of drug-likeness (QED) is 0.401. The van der Waals surface area contributed by atoms with Gasteiger partial charge in [0.1, 0.15) is 11.6 Å². The highest BCUT2D eigenvalue weighted by atomic mass is 16.2. The molecular formula is C22H29N5O2. The van der Waals surface area contributed by atoms with Crippen LogP contribution in [0.5, 0.6) is 0 Å². The van der Waals surface area contributed by atoms with Crippen molar-refractivity contribution < 1.29 is 9.59 Å². The van der Waals surface area contributed by atoms with Gasteiger partial charge in [0.15, 0.2) is 0 Å². The average Bonchev–Trinajstić information content (AvgIpc) is 3.17. The van der Waals surface area contributed by atoms with E-state index in [9.17, 15) is 14.9 Å². The lowest BCUT2D eigenvalue weighted by molar-refractivity contribution is -0.127. The van der Waals surface area contributed by atoms with Gasteiger partial charge < -0.3 is 20.4 Å². The lowest BCUT2D eigenvalue weighted by Crippen LogP contribution is -2.31. The molecule has 2 heterocycles. The fourth-order valence-corrected chi connectivity index (χ4v) is 3.73. The minimum absolute atomic E-state index is 0.0300. The zero-order valence-electron chi connectivity index (χ0n) is 16.8. The molecule has 1 aromatic rings. The van der Waals surface area contributed by atoms with Crippen molar-refractivity contribution in [3.8, 4) is 6.07 Å². The first-order chi connectivity index (χ1) is 14.2. The largest absolute Gasteiger partial charge is 0.372 e. The number of nitrogens with zero attached hydrogens (tertiary/aromatic N) is 3. The Hall–Kier alpha value is -3.01. The number of anilines is 2. The summed E-state index contributed by atoms with van der Waals surface area (Å²) in [6, 6.07) is 9.98. The average molecular weight is 396 g/mol. The summed E-state index contributed by atoms with van der Waals surface area (Å²) in [5.41, 5.74) is 2.06. The van der Waals surface area contributed by atoms with Gasteiger partial charge in [0, 0.05) is 56.7 Å². The first kappa shape index (κ1) is 20.7. The maximum atomic E-state index is 12.2. The Morgan fingerprint density at radius 3 is 2.52 bits per heavy atom. The molecule has 0 aromatic heterocycles. The predicted octanol–water partition coefficient (Wildman–Crippen LogP) is 2.62. The highest BCUT2D eigenvalue weighted by Gasteiger charge is 2.19. The lowest BCUT2D eigenvalue weighted by Gasteiger charge is -2.28. The third-order valence-corrected chi connectivity index (χ3v) is 5.40. The smallest absolute Gasteiger partial charge is 0.263 e. The van der Waals surface area contributed by atoms with Crippen molar-refractivity contribution in [2.24, 2.45) is 0 Å². The number of carbonyl (C=O) groups is 2. The van der Waals surface area contributed by atoms with Crippen LogP contribution >= 0.6 is 0 Å². The van der Waals surface area contributed by atoms with Gasteiger partial charge in [-0.05, 0) is 56.4 Å². The van der Waals surface area contributed by atoms with Crippen LogP contribution in [0.2, 0.25) is 0 Å². The number of benzene rings is 1. The van der Waals surface area contributed by atoms with Crippen LogP contribution < -0.4 is 15.5 Å². The van der Waals surface area contributed by atoms with E-state index in [-0.39, 0.29) is 11.5 Å². The summed E-state index contributed by atoms with van der Waals surface area (Å²) in [6.45, 7) is 4.07. The minimum Gasteiger partial charge on any atom is -0.372 e. The van der Waals surface area contributed by atoms with E-state index >= 15 is 0 Å². The third-order valence-electron chi connectivity index (χ3n) is 5.40. The van der Waals surface area contributed by atoms with Gasteiger partial charge in [-0.1, -0.05) is 0 Å². The van der Waals surface area contributed by atoms with Crippen molar-refractivity contribution in [1.82, 2.24) is 10.2 Å². The maximum absolute atomic E-state index is 12.2. The fourth-order valence-electron chi connectivity index (χ4n) is 3.73. The Morgan fingerprint density at radius 1 is 1.10 bits per heavy atom. The van der Waals surface area contributed by atoms with Crippen LogP contribution in [0.3, 0.4) is 0 Å². The van der Waals surface area contributed by atoms with Crippen LogP contribution in [-0.4, -0.2) is 49.4 Å². The fraction of sp³-hybridized carbons (Fsp3) is 0.500. The number of amides is 2. The second-order valence-electron chi connectivity index (χ2n) is 7.50. The second-order valence-corrected chi connectivity index (χ2v) is 7.50. The van der Waals surface area contributed by atoms with Crippen LogP contribution in [0.4, 0.5) is 11.4 Å². The molecule has 0 atom stereocenters. The predicted molar refractivity (Wildman–Crippen MR) is 113 cm³/mol. The molecule has 154 valence electrons. The molecule has 0 bridgehead atoms. The van der Waals surface area contributed by atoms with Gasteiger partial charge in [-0.25, -0.2) is 0 Å². The van der Waals surface area contributed by atoms with Crippen LogP contribution in [0.1, 0.15) is 38.5 Å². The van der Waals surface area contributed by atoms with Gasteiger partial charge in [0.2, 0.25) is 5.91 Å². The summed E-state index contributed by atoms with van der Waals surface area (Å²) in [5.74, 6) is -0.220. The van der Waals surface area contributed by atoms with Crippen molar-refractivity contribution in [1.29, 1.82) is 5.26 Å². The molecule has 29 heavy (non-hydrogen) atoms. The first-order valence-electron chi connectivity index (χ1n) is 10.4. The van der Waals surface area contributed by atoms with E-state index in [1.165, 1.54) is 31.1 Å². The number of nitrogens with one attached hydrogen (secondary N) is 2. The number of hydrogen-bond donors (Lipinski definition) is 2. The molecule has 3 rings (SSSR count). The molecule has 0 saturated carbocycles. The van der Waals surface area contributed by atoms with Gasteiger partial charge in [0.25, 0.3) is 5.91 Å². The number of piperidine rings is 1. The monoisotopic (exact) mass is 395 g/mol. The lowest BCUT2D eigenvalue weighted by atomic mass is 10.1. The van der Waals surface area contributed by atoms with Crippen molar-refractivity contribution in [2.45, 2.75) is 38.5 Å². The molecule has 1 aromatic carbocycles. The molecule has 0 unspecified atom stereocenters. The van der Waals surface area contributed by atoms with E-state index in [1.54, 1.807) is 0 Å². The molecule has 2 aliphatic heterocycles. The van der Waals surface area contributed by atoms with Crippen LogP contribution in [0.15, 0.2) is 36.0 Å². The molecular weight excluding hydrogens is 366 g/mol. The number of hydrogen-bond acceptors (Lipinski definition) is 5. The summed E-state index contributed by atoms with van der Waals surface area (Å²) >= 11 is 0. The Kier molecular flexibility index (Phi) is 7.51. The van der Waals surface area contributed by atoms with E-state index in [0.717, 1.165) is 31.7 Å². The molecule has 0 spiro atoms. The van der Waals surface area contributed by atoms with Crippen molar-refractivity contribution >= 4 is 23.2 Å². The SMILES string of the molecule is N#C/C(=C/Nc1ccc(N2CCCCC2)cc1)C(=O)NCCCN1CCCC1=O. The van der Waals surface area contributed by atoms with Gasteiger partial charge in [-0.2, -0.15) is 5.26 Å². The van der Waals surface area contributed by atoms with Crippen molar-refractivity contribution in [2.75, 3.05) is 42.9 Å². The number of nitriles is 1. The van der Waals surface area contributed by atoms with E-state index < -0.39 is 5.91 Å². The zero-order chi connectivity index (χ0) is 20.5. The van der Waals surface area contributed by atoms with Crippen molar-refractivity contribution in [3.05, 3.63) is 36.0 Å². The molecule has 7 heteroatoms. The third kappa shape index (κ3) is 5.98. The van der Waals surface area contributed by atoms with E-state index in [2.05, 4.69) is 27.7 Å². The van der Waals surface area contributed by atoms with Crippen LogP contribution in [0.25, 0.3) is 0 Å². The van der Waals surface area contributed by atoms with Gasteiger partial charge in [-0.3, -0.25) is 9.59 Å². The first-order valence-corrected chi connectivity index (χ1v) is 10.4. The van der Waals surface area contributed by atoms with Gasteiger partial charge in [0.05, 0.1) is 0 Å². The zero-order valence-corrected chi connectivity index (χ0v) is 16.8. The topological polar surface area (TPSA) is 88.5 Å². The van der Waals surface area contributed by atoms with Crippen molar-refractivity contribution in [3.63, 3.8) is 0 Å². The molecule has 7 nitrogen and oxygen atoms in total. The number of rotatable bonds is 8. The standard InChI is InChI=1S/C22H29N5O2/c23-16-18(22(29)24-11-5-15-27-14-4-6-21(27)28)17-25-19-7-9-20(10-8-19)26-12-2-1-3-13-26/h7-10,17,25H,1-6,11-15H2,(H,24,29)/b18-17-. The Labute approximate surface area is 172 Å². The summed E-state index contributed by atoms with van der Waals surface area (Å²) in [5, 5.41) is 15.1. The molecule has 2 amide bonds. The normalized spacial score (nSPS) is 17.2. The molecule has 2 N–H and O–H groups in total. The highest BCUT2D eigenvalue weighted by molar-refractivity contribution is 5.97. The summed E-state index contributed by atoms with van der Waals surface area (Å²) in [4.78, 5) is 28.0. The highest BCUT2D eigenvalue weighted by Crippen LogP contribution is 2.21. The molecule has 2 aliphatic rings. The molecule has 2 fully saturated rings. The summed E-state index contributed by atoms with van der Waals surface area (Å²) < 4.78 is 0. The maximum Gasteiger partial charge on any atom is 0.263 e. The van der Waals surface area contributed by atoms with Crippen LogP contribution in [-0.2, 0) is 9.59 Å². The molecule has 0 radical (unpaired) electrons. The van der Waals surface area contributed by atoms with E-state index in [4.69, 9.17) is 0 Å². The van der Waals surface area contributed by atoms with E-state index in [0.29, 0.717) is 25.9 Å².